The number of hydrogen-bond donors (Lipinski definition) is 0. The van der Waals surface area contributed by atoms with Crippen molar-refractivity contribution in [2.75, 3.05) is 0 Å². The highest BCUT2D eigenvalue weighted by Crippen LogP contribution is 2.65. The van der Waals surface area contributed by atoms with Gasteiger partial charge < -0.3 is 4.74 Å². The zero-order chi connectivity index (χ0) is 19.4. The molecule has 3 fully saturated rings. The molecule has 27 heavy (non-hydrogen) atoms. The van der Waals surface area contributed by atoms with E-state index in [0.717, 1.165) is 44.1 Å². The molecular formula is C23H28O4. The maximum absolute atomic E-state index is 12.6. The molecule has 0 aromatic rings. The second-order valence-electron chi connectivity index (χ2n) is 9.05. The summed E-state index contributed by atoms with van der Waals surface area (Å²) < 4.78 is 5.42. The number of ether oxygens (including phenoxy) is 1. The van der Waals surface area contributed by atoms with Gasteiger partial charge in [-0.3, -0.25) is 14.4 Å². The van der Waals surface area contributed by atoms with Gasteiger partial charge in [0.25, 0.3) is 0 Å². The number of rotatable bonds is 2. The molecule has 4 rings (SSSR count). The highest BCUT2D eigenvalue weighted by atomic mass is 16.5. The second kappa shape index (κ2) is 6.31. The van der Waals surface area contributed by atoms with Gasteiger partial charge in [0.2, 0.25) is 0 Å². The van der Waals surface area contributed by atoms with E-state index in [1.54, 1.807) is 0 Å². The lowest BCUT2D eigenvalue weighted by molar-refractivity contribution is -0.142. The van der Waals surface area contributed by atoms with Crippen LogP contribution in [0.25, 0.3) is 0 Å². The van der Waals surface area contributed by atoms with Crippen LogP contribution >= 0.6 is 0 Å². The van der Waals surface area contributed by atoms with Gasteiger partial charge >= 0.3 is 5.97 Å². The van der Waals surface area contributed by atoms with Gasteiger partial charge in [-0.25, -0.2) is 0 Å². The average Bonchev–Trinajstić information content (AvgIpc) is 2.93. The molecule has 1 unspecified atom stereocenters. The summed E-state index contributed by atoms with van der Waals surface area (Å²) in [7, 11) is 0. The minimum Gasteiger partial charge on any atom is -0.423 e. The maximum atomic E-state index is 12.6. The van der Waals surface area contributed by atoms with Gasteiger partial charge in [-0.2, -0.15) is 0 Å². The third-order valence-electron chi connectivity index (χ3n) is 8.00. The Morgan fingerprint density at radius 1 is 1.15 bits per heavy atom. The molecule has 0 amide bonds. The first-order valence-corrected chi connectivity index (χ1v) is 10.2. The minimum atomic E-state index is -0.441. The van der Waals surface area contributed by atoms with Crippen LogP contribution in [0.4, 0.5) is 0 Å². The molecule has 4 nitrogen and oxygen atoms in total. The summed E-state index contributed by atoms with van der Waals surface area (Å²) in [4.78, 5) is 36.7. The third-order valence-corrected chi connectivity index (χ3v) is 8.00. The van der Waals surface area contributed by atoms with Crippen LogP contribution in [0.15, 0.2) is 29.7 Å². The molecule has 144 valence electrons. The molecule has 0 radical (unpaired) electrons. The lowest BCUT2D eigenvalue weighted by Gasteiger charge is -2.57. The van der Waals surface area contributed by atoms with Crippen molar-refractivity contribution in [2.45, 2.75) is 65.2 Å². The number of carbonyl (C=O) groups excluding carboxylic acids is 3. The number of hydrogen-bond acceptors (Lipinski definition) is 4. The van der Waals surface area contributed by atoms with E-state index in [9.17, 15) is 14.4 Å². The van der Waals surface area contributed by atoms with Crippen LogP contribution in [0.5, 0.6) is 0 Å². The van der Waals surface area contributed by atoms with Gasteiger partial charge in [0, 0.05) is 30.6 Å². The molecule has 0 aliphatic heterocycles. The molecule has 4 heteroatoms. The molecule has 5 atom stereocenters. The molecule has 0 aromatic carbocycles. The fourth-order valence-electron chi connectivity index (χ4n) is 6.84. The van der Waals surface area contributed by atoms with Gasteiger partial charge in [0.05, 0.1) is 0 Å². The quantitative estimate of drug-likeness (QED) is 0.539. The fraction of sp³-hybridized carbons (Fsp3) is 0.652. The predicted octanol–water partition coefficient (Wildman–Crippen LogP) is 4.30. The summed E-state index contributed by atoms with van der Waals surface area (Å²) in [5, 5.41) is 0. The van der Waals surface area contributed by atoms with Crippen LogP contribution in [-0.2, 0) is 19.1 Å². The number of fused-ring (bicyclic) bond motifs is 5. The van der Waals surface area contributed by atoms with Crippen molar-refractivity contribution in [3.63, 3.8) is 0 Å². The van der Waals surface area contributed by atoms with Crippen molar-refractivity contribution in [2.24, 2.45) is 28.6 Å². The smallest absolute Gasteiger partial charge is 0.308 e. The first-order valence-electron chi connectivity index (χ1n) is 10.2. The highest BCUT2D eigenvalue weighted by Gasteiger charge is 2.60. The number of ketones is 2. The number of esters is 1. The monoisotopic (exact) mass is 368 g/mol. The predicted molar refractivity (Wildman–Crippen MR) is 100 cm³/mol. The van der Waals surface area contributed by atoms with E-state index in [1.807, 2.05) is 6.08 Å². The summed E-state index contributed by atoms with van der Waals surface area (Å²) in [6.45, 7) is 7.34. The van der Waals surface area contributed by atoms with Crippen molar-refractivity contribution in [1.29, 1.82) is 0 Å². The molecule has 0 saturated heterocycles. The van der Waals surface area contributed by atoms with Crippen LogP contribution < -0.4 is 0 Å². The van der Waals surface area contributed by atoms with Crippen LogP contribution in [0, 0.1) is 28.6 Å². The first-order chi connectivity index (χ1) is 12.8. The van der Waals surface area contributed by atoms with Crippen LogP contribution in [0.1, 0.15) is 65.2 Å². The maximum Gasteiger partial charge on any atom is 0.308 e. The number of Topliss-reactive ketones (excluding diaryl/α,β-unsaturated/α-hetero) is 2. The molecule has 0 spiro atoms. The van der Waals surface area contributed by atoms with E-state index < -0.39 is 5.97 Å². The second-order valence-corrected chi connectivity index (χ2v) is 9.05. The number of allylic oxidation sites excluding steroid dienone is 2. The Bertz CT molecular complexity index is 799. The molecule has 0 heterocycles. The lowest BCUT2D eigenvalue weighted by atomic mass is 9.47. The van der Waals surface area contributed by atoms with Gasteiger partial charge in [-0.15, -0.1) is 5.73 Å². The Morgan fingerprint density at radius 2 is 1.93 bits per heavy atom. The zero-order valence-corrected chi connectivity index (χ0v) is 16.3. The zero-order valence-electron chi connectivity index (χ0n) is 16.3. The van der Waals surface area contributed by atoms with Crippen molar-refractivity contribution in [3.8, 4) is 0 Å². The van der Waals surface area contributed by atoms with Gasteiger partial charge in [-0.05, 0) is 67.9 Å². The van der Waals surface area contributed by atoms with Crippen LogP contribution in [-0.4, -0.2) is 17.5 Å². The van der Waals surface area contributed by atoms with Crippen molar-refractivity contribution in [3.05, 3.63) is 29.7 Å². The molecule has 0 bridgehead atoms. The summed E-state index contributed by atoms with van der Waals surface area (Å²) in [6, 6.07) is 0. The van der Waals surface area contributed by atoms with Gasteiger partial charge in [0.1, 0.15) is 5.78 Å². The Hall–Kier alpha value is -1.93. The van der Waals surface area contributed by atoms with E-state index in [4.69, 9.17) is 4.74 Å². The Kier molecular flexibility index (Phi) is 4.31. The minimum absolute atomic E-state index is 0.0663. The number of carbonyl (C=O) groups is 3. The first kappa shape index (κ1) is 18.4. The summed E-state index contributed by atoms with van der Waals surface area (Å²) in [6.07, 6.45) is 8.41. The summed E-state index contributed by atoms with van der Waals surface area (Å²) in [5.41, 5.74) is 3.49. The third kappa shape index (κ3) is 2.53. The average molecular weight is 368 g/mol. The molecule has 4 aliphatic carbocycles. The van der Waals surface area contributed by atoms with Gasteiger partial charge in [-0.1, -0.05) is 13.5 Å². The Labute approximate surface area is 160 Å². The molecule has 4 aliphatic rings. The highest BCUT2D eigenvalue weighted by molar-refractivity contribution is 5.97. The Morgan fingerprint density at radius 3 is 2.63 bits per heavy atom. The van der Waals surface area contributed by atoms with Crippen molar-refractivity contribution < 1.29 is 19.1 Å². The Balaban J connectivity index is 1.81. The SMILES string of the molecule is C=C=CC12CCC(=O)C(OC(C)=O)=C1CC[C@@H]1[C@@H]2CC[C@]2(C)C(=O)CC[C@@H]12. The summed E-state index contributed by atoms with van der Waals surface area (Å²) in [5.74, 6) is 1.45. The van der Waals surface area contributed by atoms with E-state index in [2.05, 4.69) is 19.2 Å². The van der Waals surface area contributed by atoms with Crippen molar-refractivity contribution >= 4 is 17.5 Å². The van der Waals surface area contributed by atoms with E-state index in [0.29, 0.717) is 36.4 Å². The lowest BCUT2D eigenvalue weighted by Crippen LogP contribution is -2.51. The van der Waals surface area contributed by atoms with E-state index >= 15 is 0 Å². The van der Waals surface area contributed by atoms with E-state index in [-0.39, 0.29) is 22.4 Å². The standard InChI is InChI=1S/C23H28O4/c1-4-11-23-13-10-19(25)21(27-14(2)24)18(23)6-5-15-16-7-8-20(26)22(16,3)12-9-17(15)23/h11,15-17H,1,5-10,12-13H2,2-3H3/t15-,16-,17-,22-,23?/m0/s1. The van der Waals surface area contributed by atoms with Crippen LogP contribution in [0.2, 0.25) is 0 Å². The summed E-state index contributed by atoms with van der Waals surface area (Å²) >= 11 is 0. The molecular weight excluding hydrogens is 340 g/mol. The topological polar surface area (TPSA) is 60.4 Å². The fourth-order valence-corrected chi connectivity index (χ4v) is 6.84. The van der Waals surface area contributed by atoms with E-state index in [1.165, 1.54) is 6.92 Å². The largest absolute Gasteiger partial charge is 0.423 e. The van der Waals surface area contributed by atoms with Crippen LogP contribution in [0.3, 0.4) is 0 Å². The van der Waals surface area contributed by atoms with Crippen molar-refractivity contribution in [1.82, 2.24) is 0 Å². The molecule has 0 aromatic heterocycles. The molecule has 0 N–H and O–H groups in total. The molecule has 3 saturated carbocycles. The normalized spacial score (nSPS) is 40.6. The van der Waals surface area contributed by atoms with Gasteiger partial charge in [0.15, 0.2) is 11.5 Å².